The van der Waals surface area contributed by atoms with Crippen LogP contribution in [0.2, 0.25) is 0 Å². The standard InChI is InChI=1S/C22H24N4O/c1-14-9-10-16(3)19(11-14)25-22-24-17(4)12-20(26-22)21(27)23-13-18-8-6-5-7-15(18)2/h5-12H,13H2,1-4H3,(H,23,27)(H,24,25,26). The van der Waals surface area contributed by atoms with Gasteiger partial charge in [-0.25, -0.2) is 9.97 Å². The summed E-state index contributed by atoms with van der Waals surface area (Å²) in [5, 5.41) is 6.17. The van der Waals surface area contributed by atoms with Gasteiger partial charge in [-0.2, -0.15) is 0 Å². The van der Waals surface area contributed by atoms with Gasteiger partial charge in [0.05, 0.1) is 0 Å². The number of aromatic nitrogens is 2. The van der Waals surface area contributed by atoms with Crippen LogP contribution >= 0.6 is 0 Å². The molecule has 0 aliphatic heterocycles. The zero-order chi connectivity index (χ0) is 19.4. The number of carbonyl (C=O) groups excluding carboxylic acids is 1. The number of hydrogen-bond donors (Lipinski definition) is 2. The fourth-order valence-corrected chi connectivity index (χ4v) is 2.81. The highest BCUT2D eigenvalue weighted by Gasteiger charge is 2.12. The molecule has 0 aliphatic rings. The molecule has 1 heterocycles. The molecule has 1 aromatic heterocycles. The van der Waals surface area contributed by atoms with Crippen molar-refractivity contribution in [2.45, 2.75) is 34.2 Å². The van der Waals surface area contributed by atoms with Crippen molar-refractivity contribution in [2.75, 3.05) is 5.32 Å². The van der Waals surface area contributed by atoms with E-state index in [1.165, 1.54) is 0 Å². The Hall–Kier alpha value is -3.21. The van der Waals surface area contributed by atoms with Crippen molar-refractivity contribution in [1.82, 2.24) is 15.3 Å². The second-order valence-electron chi connectivity index (χ2n) is 6.77. The predicted molar refractivity (Wildman–Crippen MR) is 108 cm³/mol. The van der Waals surface area contributed by atoms with Crippen molar-refractivity contribution in [2.24, 2.45) is 0 Å². The van der Waals surface area contributed by atoms with Crippen LogP contribution in [0.25, 0.3) is 0 Å². The Morgan fingerprint density at radius 3 is 2.48 bits per heavy atom. The molecular formula is C22H24N4O. The van der Waals surface area contributed by atoms with Crippen LogP contribution in [0.4, 0.5) is 11.6 Å². The number of benzene rings is 2. The van der Waals surface area contributed by atoms with E-state index in [1.54, 1.807) is 6.07 Å². The fourth-order valence-electron chi connectivity index (χ4n) is 2.81. The molecule has 1 amide bonds. The summed E-state index contributed by atoms with van der Waals surface area (Å²) in [6, 6.07) is 15.8. The van der Waals surface area contributed by atoms with Gasteiger partial charge in [0.1, 0.15) is 5.69 Å². The van der Waals surface area contributed by atoms with Crippen molar-refractivity contribution in [3.8, 4) is 0 Å². The molecule has 0 fully saturated rings. The third-order valence-corrected chi connectivity index (χ3v) is 4.43. The molecule has 5 nitrogen and oxygen atoms in total. The summed E-state index contributed by atoms with van der Waals surface area (Å²) in [7, 11) is 0. The van der Waals surface area contributed by atoms with E-state index < -0.39 is 0 Å². The minimum absolute atomic E-state index is 0.215. The summed E-state index contributed by atoms with van der Waals surface area (Å²) in [4.78, 5) is 21.4. The van der Waals surface area contributed by atoms with Crippen LogP contribution < -0.4 is 10.6 Å². The highest BCUT2D eigenvalue weighted by molar-refractivity contribution is 5.92. The van der Waals surface area contributed by atoms with Crippen molar-refractivity contribution in [1.29, 1.82) is 0 Å². The first-order chi connectivity index (χ1) is 12.9. The third kappa shape index (κ3) is 4.70. The summed E-state index contributed by atoms with van der Waals surface area (Å²) < 4.78 is 0. The van der Waals surface area contributed by atoms with E-state index in [0.29, 0.717) is 18.2 Å². The molecule has 0 aliphatic carbocycles. The minimum atomic E-state index is -0.215. The van der Waals surface area contributed by atoms with E-state index in [-0.39, 0.29) is 5.91 Å². The highest BCUT2D eigenvalue weighted by Crippen LogP contribution is 2.20. The number of amides is 1. The van der Waals surface area contributed by atoms with Crippen LogP contribution in [0.15, 0.2) is 48.5 Å². The number of nitrogens with zero attached hydrogens (tertiary/aromatic N) is 2. The maximum absolute atomic E-state index is 12.6. The Morgan fingerprint density at radius 1 is 0.926 bits per heavy atom. The number of hydrogen-bond acceptors (Lipinski definition) is 4. The normalized spacial score (nSPS) is 10.5. The molecule has 138 valence electrons. The molecule has 0 radical (unpaired) electrons. The monoisotopic (exact) mass is 360 g/mol. The lowest BCUT2D eigenvalue weighted by Crippen LogP contribution is -2.24. The smallest absolute Gasteiger partial charge is 0.270 e. The van der Waals surface area contributed by atoms with Crippen LogP contribution in [0, 0.1) is 27.7 Å². The number of carbonyl (C=O) groups is 1. The zero-order valence-electron chi connectivity index (χ0n) is 16.1. The Labute approximate surface area is 159 Å². The van der Waals surface area contributed by atoms with Crippen LogP contribution in [-0.4, -0.2) is 15.9 Å². The Kier molecular flexibility index (Phi) is 5.50. The van der Waals surface area contributed by atoms with Crippen molar-refractivity contribution in [3.63, 3.8) is 0 Å². The summed E-state index contributed by atoms with van der Waals surface area (Å²) in [5.41, 5.74) is 6.50. The first kappa shape index (κ1) is 18.6. The van der Waals surface area contributed by atoms with Crippen LogP contribution in [0.3, 0.4) is 0 Å². The van der Waals surface area contributed by atoms with Crippen molar-refractivity contribution in [3.05, 3.63) is 82.2 Å². The van der Waals surface area contributed by atoms with Crippen molar-refractivity contribution < 1.29 is 4.79 Å². The van der Waals surface area contributed by atoms with Gasteiger partial charge in [-0.05, 0) is 62.1 Å². The molecule has 0 saturated heterocycles. The molecule has 27 heavy (non-hydrogen) atoms. The molecule has 0 saturated carbocycles. The van der Waals surface area contributed by atoms with Gasteiger partial charge < -0.3 is 10.6 Å². The highest BCUT2D eigenvalue weighted by atomic mass is 16.1. The van der Waals surface area contributed by atoms with E-state index in [9.17, 15) is 4.79 Å². The third-order valence-electron chi connectivity index (χ3n) is 4.43. The minimum Gasteiger partial charge on any atom is -0.347 e. The van der Waals surface area contributed by atoms with Crippen LogP contribution in [0.1, 0.15) is 38.4 Å². The van der Waals surface area contributed by atoms with Crippen molar-refractivity contribution >= 4 is 17.5 Å². The van der Waals surface area contributed by atoms with Gasteiger partial charge in [0.15, 0.2) is 0 Å². The van der Waals surface area contributed by atoms with Gasteiger partial charge in [0, 0.05) is 17.9 Å². The number of anilines is 2. The lowest BCUT2D eigenvalue weighted by Gasteiger charge is -2.12. The molecule has 3 rings (SSSR count). The largest absolute Gasteiger partial charge is 0.347 e. The number of nitrogens with one attached hydrogen (secondary N) is 2. The molecular weight excluding hydrogens is 336 g/mol. The Morgan fingerprint density at radius 2 is 1.70 bits per heavy atom. The first-order valence-corrected chi connectivity index (χ1v) is 8.95. The molecule has 5 heteroatoms. The molecule has 2 aromatic carbocycles. The van der Waals surface area contributed by atoms with Crippen LogP contribution in [-0.2, 0) is 6.54 Å². The molecule has 0 atom stereocenters. The quantitative estimate of drug-likeness (QED) is 0.708. The van der Waals surface area contributed by atoms with E-state index in [4.69, 9.17) is 0 Å². The Bertz CT molecular complexity index is 982. The molecule has 3 aromatic rings. The van der Waals surface area contributed by atoms with E-state index >= 15 is 0 Å². The van der Waals surface area contributed by atoms with E-state index in [0.717, 1.165) is 33.6 Å². The molecule has 0 spiro atoms. The second kappa shape index (κ2) is 7.99. The van der Waals surface area contributed by atoms with Gasteiger partial charge in [0.2, 0.25) is 5.95 Å². The first-order valence-electron chi connectivity index (χ1n) is 8.95. The lowest BCUT2D eigenvalue weighted by molar-refractivity contribution is 0.0945. The van der Waals surface area contributed by atoms with E-state index in [1.807, 2.05) is 64.1 Å². The van der Waals surface area contributed by atoms with Gasteiger partial charge in [-0.1, -0.05) is 36.4 Å². The average Bonchev–Trinajstić information content (AvgIpc) is 2.63. The van der Waals surface area contributed by atoms with Crippen LogP contribution in [0.5, 0.6) is 0 Å². The predicted octanol–water partition coefficient (Wildman–Crippen LogP) is 4.38. The maximum atomic E-state index is 12.6. The molecule has 0 bridgehead atoms. The van der Waals surface area contributed by atoms with E-state index in [2.05, 4.69) is 26.7 Å². The maximum Gasteiger partial charge on any atom is 0.270 e. The second-order valence-corrected chi connectivity index (χ2v) is 6.77. The zero-order valence-corrected chi connectivity index (χ0v) is 16.1. The fraction of sp³-hybridized carbons (Fsp3) is 0.227. The SMILES string of the molecule is Cc1ccc(C)c(Nc2nc(C)cc(C(=O)NCc3ccccc3C)n2)c1. The average molecular weight is 360 g/mol. The molecule has 0 unspecified atom stereocenters. The number of aryl methyl sites for hydroxylation is 4. The van der Waals surface area contributed by atoms with Gasteiger partial charge >= 0.3 is 0 Å². The topological polar surface area (TPSA) is 66.9 Å². The van der Waals surface area contributed by atoms with Gasteiger partial charge in [-0.3, -0.25) is 4.79 Å². The molecule has 2 N–H and O–H groups in total. The van der Waals surface area contributed by atoms with Gasteiger partial charge in [0.25, 0.3) is 5.91 Å². The van der Waals surface area contributed by atoms with Gasteiger partial charge in [-0.15, -0.1) is 0 Å². The summed E-state index contributed by atoms with van der Waals surface area (Å²) >= 11 is 0. The summed E-state index contributed by atoms with van der Waals surface area (Å²) in [5.74, 6) is 0.206. The Balaban J connectivity index is 1.77. The number of rotatable bonds is 5. The lowest BCUT2D eigenvalue weighted by atomic mass is 10.1. The summed E-state index contributed by atoms with van der Waals surface area (Å²) in [6.07, 6.45) is 0. The summed E-state index contributed by atoms with van der Waals surface area (Å²) in [6.45, 7) is 8.41.